The number of nitrogens with two attached hydrogens (primary N) is 1. The number of benzene rings is 1. The van der Waals surface area contributed by atoms with Crippen LogP contribution in [0.2, 0.25) is 5.02 Å². The van der Waals surface area contributed by atoms with Crippen LogP contribution in [-0.2, 0) is 9.53 Å². The minimum absolute atomic E-state index is 0.376. The van der Waals surface area contributed by atoms with Gasteiger partial charge in [-0.25, -0.2) is 18.4 Å². The molecular weight excluding hydrogens is 286 g/mol. The van der Waals surface area contributed by atoms with E-state index in [1.165, 1.54) is 0 Å². The first-order valence-corrected chi connectivity index (χ1v) is 5.10. The molecular formula is C10H7ClF2N2O4. The van der Waals surface area contributed by atoms with Crippen LogP contribution in [0.25, 0.3) is 0 Å². The molecule has 0 spiro atoms. The van der Waals surface area contributed by atoms with Crippen molar-refractivity contribution in [3.05, 3.63) is 34.4 Å². The van der Waals surface area contributed by atoms with Crippen molar-refractivity contribution in [3.8, 4) is 0 Å². The van der Waals surface area contributed by atoms with Crippen molar-refractivity contribution in [2.45, 2.75) is 0 Å². The van der Waals surface area contributed by atoms with E-state index in [0.29, 0.717) is 12.1 Å². The summed E-state index contributed by atoms with van der Waals surface area (Å²) in [4.78, 5) is 32.7. The van der Waals surface area contributed by atoms with Crippen LogP contribution in [-0.4, -0.2) is 24.5 Å². The number of esters is 1. The highest BCUT2D eigenvalue weighted by atomic mass is 35.5. The Labute approximate surface area is 110 Å². The lowest BCUT2D eigenvalue weighted by atomic mass is 10.2. The predicted molar refractivity (Wildman–Crippen MR) is 59.4 cm³/mol. The lowest BCUT2D eigenvalue weighted by Crippen LogP contribution is -2.37. The third kappa shape index (κ3) is 4.18. The van der Waals surface area contributed by atoms with E-state index in [1.54, 1.807) is 5.32 Å². The Morgan fingerprint density at radius 1 is 1.26 bits per heavy atom. The van der Waals surface area contributed by atoms with Crippen LogP contribution in [0.5, 0.6) is 0 Å². The molecule has 1 rings (SSSR count). The van der Waals surface area contributed by atoms with Gasteiger partial charge in [0, 0.05) is 0 Å². The van der Waals surface area contributed by atoms with Crippen LogP contribution in [0.4, 0.5) is 13.6 Å². The quantitative estimate of drug-likeness (QED) is 0.640. The maximum atomic E-state index is 12.9. The molecule has 1 aromatic carbocycles. The summed E-state index contributed by atoms with van der Waals surface area (Å²) in [5, 5.41) is 1.26. The summed E-state index contributed by atoms with van der Waals surface area (Å²) in [5.74, 6) is -4.64. The average molecular weight is 293 g/mol. The molecule has 0 aromatic heterocycles. The highest BCUT2D eigenvalue weighted by Gasteiger charge is 2.17. The third-order valence-electron chi connectivity index (χ3n) is 1.83. The van der Waals surface area contributed by atoms with Crippen LogP contribution >= 0.6 is 11.6 Å². The molecule has 0 aliphatic carbocycles. The van der Waals surface area contributed by atoms with Gasteiger partial charge in [0.1, 0.15) is 0 Å². The highest BCUT2D eigenvalue weighted by molar-refractivity contribution is 6.33. The second-order valence-corrected chi connectivity index (χ2v) is 3.64. The molecule has 0 aliphatic rings. The van der Waals surface area contributed by atoms with Gasteiger partial charge in [-0.3, -0.25) is 10.1 Å². The normalized spacial score (nSPS) is 9.84. The van der Waals surface area contributed by atoms with Gasteiger partial charge in [-0.1, -0.05) is 11.6 Å². The fourth-order valence-electron chi connectivity index (χ4n) is 1.06. The van der Waals surface area contributed by atoms with Crippen LogP contribution in [0.3, 0.4) is 0 Å². The first-order valence-electron chi connectivity index (χ1n) is 4.72. The fraction of sp³-hybridized carbons (Fsp3) is 0.100. The molecule has 9 heteroatoms. The van der Waals surface area contributed by atoms with E-state index >= 15 is 0 Å². The van der Waals surface area contributed by atoms with Gasteiger partial charge in [0.2, 0.25) is 0 Å². The van der Waals surface area contributed by atoms with Crippen molar-refractivity contribution >= 4 is 29.5 Å². The van der Waals surface area contributed by atoms with Gasteiger partial charge in [-0.15, -0.1) is 0 Å². The standard InChI is InChI=1S/C10H7ClF2N2O4/c11-5-2-7(13)6(12)1-4(5)9(17)19-3-8(16)15-10(14)18/h1-2H,3H2,(H3,14,15,16,18). The smallest absolute Gasteiger partial charge is 0.340 e. The van der Waals surface area contributed by atoms with Crippen LogP contribution in [0, 0.1) is 11.6 Å². The number of imide groups is 1. The SMILES string of the molecule is NC(=O)NC(=O)COC(=O)c1cc(F)c(F)cc1Cl. The van der Waals surface area contributed by atoms with E-state index in [-0.39, 0.29) is 5.02 Å². The lowest BCUT2D eigenvalue weighted by Gasteiger charge is -2.06. The zero-order chi connectivity index (χ0) is 14.6. The van der Waals surface area contributed by atoms with Gasteiger partial charge in [-0.2, -0.15) is 0 Å². The fourth-order valence-corrected chi connectivity index (χ4v) is 1.29. The van der Waals surface area contributed by atoms with Crippen LogP contribution in [0.1, 0.15) is 10.4 Å². The second kappa shape index (κ2) is 6.10. The molecule has 0 saturated carbocycles. The highest BCUT2D eigenvalue weighted by Crippen LogP contribution is 2.20. The summed E-state index contributed by atoms with van der Waals surface area (Å²) in [6.45, 7) is -0.822. The van der Waals surface area contributed by atoms with Gasteiger partial charge in [0.15, 0.2) is 18.2 Å². The van der Waals surface area contributed by atoms with E-state index < -0.39 is 41.7 Å². The second-order valence-electron chi connectivity index (χ2n) is 3.23. The van der Waals surface area contributed by atoms with Crippen molar-refractivity contribution in [1.82, 2.24) is 5.32 Å². The molecule has 3 amide bonds. The number of carbonyl (C=O) groups excluding carboxylic acids is 3. The molecule has 0 unspecified atom stereocenters. The van der Waals surface area contributed by atoms with Crippen LogP contribution < -0.4 is 11.1 Å². The Kier molecular flexibility index (Phi) is 4.76. The van der Waals surface area contributed by atoms with Gasteiger partial charge in [0.25, 0.3) is 5.91 Å². The van der Waals surface area contributed by atoms with Gasteiger partial charge < -0.3 is 10.5 Å². The number of halogens is 3. The van der Waals surface area contributed by atoms with Gasteiger partial charge in [-0.05, 0) is 12.1 Å². The molecule has 0 heterocycles. The molecule has 0 fully saturated rings. The van der Waals surface area contributed by atoms with E-state index in [2.05, 4.69) is 10.5 Å². The number of nitrogens with one attached hydrogen (secondary N) is 1. The monoisotopic (exact) mass is 292 g/mol. The Balaban J connectivity index is 2.71. The Morgan fingerprint density at radius 2 is 1.84 bits per heavy atom. The topological polar surface area (TPSA) is 98.5 Å². The van der Waals surface area contributed by atoms with Gasteiger partial charge >= 0.3 is 12.0 Å². The first kappa shape index (κ1) is 14.8. The summed E-state index contributed by atoms with van der Waals surface area (Å²) in [5.41, 5.74) is 4.20. The Hall–Kier alpha value is -2.22. The number of primary amides is 1. The average Bonchev–Trinajstić information content (AvgIpc) is 2.30. The Morgan fingerprint density at radius 3 is 2.42 bits per heavy atom. The number of amides is 3. The van der Waals surface area contributed by atoms with Crippen LogP contribution in [0.15, 0.2) is 12.1 Å². The molecule has 102 valence electrons. The van der Waals surface area contributed by atoms with E-state index in [0.717, 1.165) is 0 Å². The summed E-state index contributed by atoms with van der Waals surface area (Å²) in [7, 11) is 0. The van der Waals surface area contributed by atoms with Crippen molar-refractivity contribution in [2.75, 3.05) is 6.61 Å². The molecule has 19 heavy (non-hydrogen) atoms. The molecule has 1 aromatic rings. The molecule has 0 radical (unpaired) electrons. The summed E-state index contributed by atoms with van der Waals surface area (Å²) < 4.78 is 30.1. The Bertz CT molecular complexity index is 551. The lowest BCUT2D eigenvalue weighted by molar-refractivity contribution is -0.123. The zero-order valence-electron chi connectivity index (χ0n) is 9.21. The molecule has 0 saturated heterocycles. The van der Waals surface area contributed by atoms with E-state index in [4.69, 9.17) is 11.6 Å². The minimum Gasteiger partial charge on any atom is -0.452 e. The number of ether oxygens (including phenoxy) is 1. The van der Waals surface area contributed by atoms with Crippen molar-refractivity contribution in [1.29, 1.82) is 0 Å². The molecule has 0 bridgehead atoms. The maximum absolute atomic E-state index is 12.9. The van der Waals surface area contributed by atoms with Crippen molar-refractivity contribution < 1.29 is 27.9 Å². The molecule has 0 aliphatic heterocycles. The maximum Gasteiger partial charge on any atom is 0.340 e. The third-order valence-corrected chi connectivity index (χ3v) is 2.14. The summed E-state index contributed by atoms with van der Waals surface area (Å²) >= 11 is 5.51. The van der Waals surface area contributed by atoms with Crippen molar-refractivity contribution in [2.24, 2.45) is 5.73 Å². The van der Waals surface area contributed by atoms with E-state index in [9.17, 15) is 23.2 Å². The zero-order valence-corrected chi connectivity index (χ0v) is 9.96. The number of rotatable bonds is 3. The first-order chi connectivity index (χ1) is 8.81. The summed E-state index contributed by atoms with van der Waals surface area (Å²) in [6.07, 6.45) is 0. The van der Waals surface area contributed by atoms with Gasteiger partial charge in [0.05, 0.1) is 10.6 Å². The molecule has 3 N–H and O–H groups in total. The number of carbonyl (C=O) groups is 3. The predicted octanol–water partition coefficient (Wildman–Crippen LogP) is 0.970. The minimum atomic E-state index is -1.29. The van der Waals surface area contributed by atoms with E-state index in [1.807, 2.05) is 0 Å². The number of hydrogen-bond donors (Lipinski definition) is 2. The largest absolute Gasteiger partial charge is 0.452 e. The molecule has 6 nitrogen and oxygen atoms in total. The molecule has 0 atom stereocenters. The van der Waals surface area contributed by atoms with Crippen molar-refractivity contribution in [3.63, 3.8) is 0 Å². The summed E-state index contributed by atoms with van der Waals surface area (Å²) in [6, 6.07) is 0.00932. The number of urea groups is 1. The number of hydrogen-bond acceptors (Lipinski definition) is 4.